The van der Waals surface area contributed by atoms with E-state index in [9.17, 15) is 0 Å². The molecule has 10 heavy (non-hydrogen) atoms. The van der Waals surface area contributed by atoms with E-state index in [0.717, 1.165) is 0 Å². The fraction of sp³-hybridized carbons (Fsp3) is 0. The lowest BCUT2D eigenvalue weighted by molar-refractivity contribution is 0.939. The molecule has 2 aromatic rings. The van der Waals surface area contributed by atoms with E-state index in [2.05, 4.69) is 15.1 Å². The van der Waals surface area contributed by atoms with Crippen molar-refractivity contribution >= 4 is 11.6 Å². The number of hydrogen-bond acceptors (Lipinski definition) is 4. The smallest absolute Gasteiger partial charge is 0.223 e. The van der Waals surface area contributed by atoms with Crippen molar-refractivity contribution in [2.24, 2.45) is 0 Å². The molecular weight excluding hydrogens is 130 g/mol. The minimum atomic E-state index is 0.356. The third-order valence-electron chi connectivity index (χ3n) is 1.22. The molecule has 0 unspecified atom stereocenters. The molecule has 0 bridgehead atoms. The predicted molar refractivity (Wildman–Crippen MR) is 35.2 cm³/mol. The Morgan fingerprint density at radius 1 is 1.40 bits per heavy atom. The SMILES string of the molecule is Nc1nccc2ncnn12. The Hall–Kier alpha value is -1.65. The zero-order valence-electron chi connectivity index (χ0n) is 5.10. The van der Waals surface area contributed by atoms with E-state index >= 15 is 0 Å². The summed E-state index contributed by atoms with van der Waals surface area (Å²) in [5.41, 5.74) is 6.17. The Morgan fingerprint density at radius 2 is 2.30 bits per heavy atom. The van der Waals surface area contributed by atoms with E-state index in [0.29, 0.717) is 11.6 Å². The van der Waals surface area contributed by atoms with Crippen LogP contribution in [0.2, 0.25) is 0 Å². The monoisotopic (exact) mass is 135 g/mol. The molecule has 0 amide bonds. The minimum Gasteiger partial charge on any atom is -0.368 e. The number of nitrogens with two attached hydrogens (primary N) is 1. The Morgan fingerprint density at radius 3 is 3.10 bits per heavy atom. The molecule has 0 aliphatic rings. The summed E-state index contributed by atoms with van der Waals surface area (Å²) >= 11 is 0. The fourth-order valence-electron chi connectivity index (χ4n) is 0.776. The number of anilines is 1. The molecular formula is C5H5N5. The highest BCUT2D eigenvalue weighted by atomic mass is 15.3. The minimum absolute atomic E-state index is 0.356. The highest BCUT2D eigenvalue weighted by molar-refractivity contribution is 5.39. The zero-order valence-corrected chi connectivity index (χ0v) is 5.10. The number of rotatable bonds is 0. The van der Waals surface area contributed by atoms with Gasteiger partial charge in [0.05, 0.1) is 0 Å². The Kier molecular flexibility index (Phi) is 0.858. The standard InChI is InChI=1S/C5H5N5/c6-5-7-2-1-4-8-3-9-10(4)5/h1-3H,(H2,6,7). The lowest BCUT2D eigenvalue weighted by Crippen LogP contribution is -2.00. The van der Waals surface area contributed by atoms with Crippen LogP contribution >= 0.6 is 0 Å². The van der Waals surface area contributed by atoms with Gasteiger partial charge in [-0.2, -0.15) is 9.61 Å². The van der Waals surface area contributed by atoms with Crippen LogP contribution in [0.3, 0.4) is 0 Å². The van der Waals surface area contributed by atoms with Gasteiger partial charge in [0.15, 0.2) is 5.65 Å². The molecule has 0 aliphatic heterocycles. The van der Waals surface area contributed by atoms with Gasteiger partial charge in [-0.1, -0.05) is 0 Å². The second-order valence-electron chi connectivity index (χ2n) is 1.83. The first-order chi connectivity index (χ1) is 4.88. The first kappa shape index (κ1) is 5.16. The van der Waals surface area contributed by atoms with Crippen LogP contribution in [0.5, 0.6) is 0 Å². The fourth-order valence-corrected chi connectivity index (χ4v) is 0.776. The Bertz CT molecular complexity index is 352. The van der Waals surface area contributed by atoms with Gasteiger partial charge in [0.25, 0.3) is 0 Å². The van der Waals surface area contributed by atoms with Gasteiger partial charge in [-0.3, -0.25) is 0 Å². The summed E-state index contributed by atoms with van der Waals surface area (Å²) in [5.74, 6) is 0.356. The van der Waals surface area contributed by atoms with Crippen LogP contribution in [0.15, 0.2) is 18.6 Å². The quantitative estimate of drug-likeness (QED) is 0.538. The lowest BCUT2D eigenvalue weighted by Gasteiger charge is -1.92. The van der Waals surface area contributed by atoms with E-state index in [1.54, 1.807) is 12.3 Å². The van der Waals surface area contributed by atoms with Gasteiger partial charge in [0.2, 0.25) is 5.95 Å². The van der Waals surface area contributed by atoms with Gasteiger partial charge < -0.3 is 5.73 Å². The molecule has 2 heterocycles. The summed E-state index contributed by atoms with van der Waals surface area (Å²) in [7, 11) is 0. The summed E-state index contributed by atoms with van der Waals surface area (Å²) in [6.07, 6.45) is 3.03. The average molecular weight is 135 g/mol. The van der Waals surface area contributed by atoms with Gasteiger partial charge in [0.1, 0.15) is 6.33 Å². The van der Waals surface area contributed by atoms with Crippen LogP contribution < -0.4 is 5.73 Å². The van der Waals surface area contributed by atoms with Crippen molar-refractivity contribution in [1.82, 2.24) is 19.6 Å². The Balaban J connectivity index is 2.95. The summed E-state index contributed by atoms with van der Waals surface area (Å²) in [6, 6.07) is 1.74. The van der Waals surface area contributed by atoms with Crippen molar-refractivity contribution in [2.75, 3.05) is 5.73 Å². The number of aromatic nitrogens is 4. The maximum Gasteiger partial charge on any atom is 0.223 e. The molecule has 0 aliphatic carbocycles. The van der Waals surface area contributed by atoms with Gasteiger partial charge >= 0.3 is 0 Å². The van der Waals surface area contributed by atoms with Crippen LogP contribution in [0.25, 0.3) is 5.65 Å². The van der Waals surface area contributed by atoms with Crippen LogP contribution in [0, 0.1) is 0 Å². The summed E-state index contributed by atoms with van der Waals surface area (Å²) in [5, 5.41) is 3.84. The van der Waals surface area contributed by atoms with Crippen LogP contribution in [0.4, 0.5) is 5.95 Å². The van der Waals surface area contributed by atoms with Crippen LogP contribution in [-0.2, 0) is 0 Å². The number of hydrogen-bond donors (Lipinski definition) is 1. The van der Waals surface area contributed by atoms with Gasteiger partial charge in [-0.05, 0) is 0 Å². The second-order valence-corrected chi connectivity index (χ2v) is 1.83. The maximum absolute atomic E-state index is 5.45. The molecule has 0 aromatic carbocycles. The average Bonchev–Trinajstić information content (AvgIpc) is 2.36. The topological polar surface area (TPSA) is 69.1 Å². The first-order valence-corrected chi connectivity index (χ1v) is 2.78. The van der Waals surface area contributed by atoms with Gasteiger partial charge in [-0.15, -0.1) is 0 Å². The summed E-state index contributed by atoms with van der Waals surface area (Å²) < 4.78 is 1.47. The highest BCUT2D eigenvalue weighted by Crippen LogP contribution is 1.98. The van der Waals surface area contributed by atoms with Crippen molar-refractivity contribution in [3.63, 3.8) is 0 Å². The molecule has 0 saturated carbocycles. The van der Waals surface area contributed by atoms with Crippen LogP contribution in [-0.4, -0.2) is 19.6 Å². The second kappa shape index (κ2) is 1.66. The molecule has 5 nitrogen and oxygen atoms in total. The molecule has 2 rings (SSSR count). The normalized spacial score (nSPS) is 10.4. The zero-order chi connectivity index (χ0) is 6.97. The maximum atomic E-state index is 5.45. The third kappa shape index (κ3) is 0.540. The molecule has 50 valence electrons. The highest BCUT2D eigenvalue weighted by Gasteiger charge is 1.95. The first-order valence-electron chi connectivity index (χ1n) is 2.78. The van der Waals surface area contributed by atoms with Crippen LogP contribution in [0.1, 0.15) is 0 Å². The lowest BCUT2D eigenvalue weighted by atomic mass is 10.6. The predicted octanol–water partition coefficient (Wildman–Crippen LogP) is -0.294. The molecule has 2 N–H and O–H groups in total. The van der Waals surface area contributed by atoms with E-state index in [4.69, 9.17) is 5.73 Å². The van der Waals surface area contributed by atoms with E-state index < -0.39 is 0 Å². The van der Waals surface area contributed by atoms with Gasteiger partial charge in [-0.25, -0.2) is 9.97 Å². The van der Waals surface area contributed by atoms with E-state index in [1.165, 1.54) is 10.8 Å². The van der Waals surface area contributed by atoms with Crippen molar-refractivity contribution in [2.45, 2.75) is 0 Å². The van der Waals surface area contributed by atoms with Crippen molar-refractivity contribution < 1.29 is 0 Å². The molecule has 0 fully saturated rings. The number of nitrogens with zero attached hydrogens (tertiary/aromatic N) is 4. The molecule has 0 radical (unpaired) electrons. The van der Waals surface area contributed by atoms with Crippen molar-refractivity contribution in [3.05, 3.63) is 18.6 Å². The number of fused-ring (bicyclic) bond motifs is 1. The van der Waals surface area contributed by atoms with E-state index in [1.807, 2.05) is 0 Å². The molecule has 5 heteroatoms. The largest absolute Gasteiger partial charge is 0.368 e. The molecule has 0 saturated heterocycles. The molecule has 0 atom stereocenters. The van der Waals surface area contributed by atoms with Crippen molar-refractivity contribution in [1.29, 1.82) is 0 Å². The third-order valence-corrected chi connectivity index (χ3v) is 1.22. The van der Waals surface area contributed by atoms with E-state index in [-0.39, 0.29) is 0 Å². The van der Waals surface area contributed by atoms with Crippen molar-refractivity contribution in [3.8, 4) is 0 Å². The van der Waals surface area contributed by atoms with Gasteiger partial charge in [0, 0.05) is 12.3 Å². The summed E-state index contributed by atoms with van der Waals surface area (Å²) in [6.45, 7) is 0. The molecule has 0 spiro atoms. The number of nitrogen functional groups attached to an aromatic ring is 1. The Labute approximate surface area is 56.5 Å². The summed E-state index contributed by atoms with van der Waals surface area (Å²) in [4.78, 5) is 7.73. The molecule has 2 aromatic heterocycles.